The average Bonchev–Trinajstić information content (AvgIpc) is 1.64. The highest BCUT2D eigenvalue weighted by atomic mass is 35.5. The van der Waals surface area contributed by atoms with Gasteiger partial charge in [-0.15, -0.1) is 0 Å². The van der Waals surface area contributed by atoms with Crippen LogP contribution < -0.4 is 57.0 Å². The fourth-order valence-electron chi connectivity index (χ4n) is 18.1. The van der Waals surface area contributed by atoms with Crippen molar-refractivity contribution in [2.45, 2.75) is 180 Å². The van der Waals surface area contributed by atoms with Gasteiger partial charge >= 0.3 is 0 Å². The Balaban J connectivity index is 0.000000145. The quantitative estimate of drug-likeness (QED) is 0.0225. The molecule has 7 aliphatic heterocycles. The van der Waals surface area contributed by atoms with E-state index in [1.54, 1.807) is 56.6 Å². The van der Waals surface area contributed by atoms with Gasteiger partial charge in [-0.25, -0.2) is 56.2 Å². The molecule has 0 bridgehead atoms. The Hall–Kier alpha value is -14.8. The Kier molecular flexibility index (Phi) is 29.2. The SMILES string of the molecule is C.CC1(C)CC(c2ccc(N)cc2)C(=O)N1.CC1(C)C[C@H](c2ccc(Cc3nc(-c4c(F)cccc4F)nc4c3C(=O)NC4)cc2)C(=O)N1.CC1(C)C[C@H](c2ccc(N)cc2)C(=O)N1.COc1ccc(CN2Cc3nc(-c4c(F)cccc4F)nc(Cc4ccc([C@H]5CC(C)(C)NC5=O)cc4)c3C2=O)c(OC)c1.COc1ccc(CN2Cc3nc(-c4c(F)cccc4F)nc(Cl)c3C2=O)c(OC)c1. The molecule has 716 valence electrons. The summed E-state index contributed by atoms with van der Waals surface area (Å²) in [5.74, 6) is -4.00. The number of nitrogens with zero attached hydrogens (tertiary/aromatic N) is 8. The molecule has 138 heavy (non-hydrogen) atoms. The standard InChI is InChI=1S/C34H32F2N4O4.C25H22F2N4O2.C21H16ClF2N3O3.2C12H16N2O.CH4/c1-34(2)16-23(32(41)39-34)20-10-8-19(9-11-20)14-26-30-27(38-31(37-26)29-24(35)6-5-7-25(29)36)18-40(33(30)42)17-21-12-13-22(43-3)15-28(21)44-4;1-25(2)11-15(23(32)31-25)14-8-6-13(7-9-14)10-18-21-19(12-28-24(21)33)30-22(29-18)20-16(26)4-3-5-17(20)27;1-29-12-7-6-11(16(8-12)30-2)9-27-10-15-18(21(27)28)19(22)26-20(25-15)17-13(23)4-3-5-14(17)24;2*1-12(2)7-10(11(15)14-12)8-3-5-9(13)6-4-8;/h5-13,15,23H,14,16-18H2,1-4H3,(H,39,41);3-9,15H,10-12H2,1-2H3,(H,28,33)(H,31,32);3-8H,9-10H2,1-2H3;2*3-6,10H,7,13H2,1-2H3,(H,14,15);1H4/t23-;15-;;10-;;/m11.1../s1. The number of benzene rings is 9. The molecule has 9 N–H and O–H groups in total. The van der Waals surface area contributed by atoms with Crippen molar-refractivity contribution >= 4 is 64.3 Å². The van der Waals surface area contributed by atoms with Crippen LogP contribution in [0.1, 0.15) is 216 Å². The number of rotatable bonds is 19. The molecule has 0 radical (unpaired) electrons. The van der Waals surface area contributed by atoms with E-state index in [1.165, 1.54) is 30.2 Å². The average molecular weight is 1900 g/mol. The Morgan fingerprint density at radius 3 is 1.00 bits per heavy atom. The van der Waals surface area contributed by atoms with Crippen molar-refractivity contribution in [3.63, 3.8) is 0 Å². The number of hydrogen-bond donors (Lipinski definition) is 7. The van der Waals surface area contributed by atoms with Gasteiger partial charge in [-0.3, -0.25) is 33.6 Å². The lowest BCUT2D eigenvalue weighted by atomic mass is 9.90. The summed E-state index contributed by atoms with van der Waals surface area (Å²) in [6.45, 7) is 17.0. The molecule has 10 heterocycles. The van der Waals surface area contributed by atoms with Crippen LogP contribution >= 0.6 is 11.6 Å². The van der Waals surface area contributed by atoms with E-state index in [0.29, 0.717) is 75.4 Å². The van der Waals surface area contributed by atoms with Gasteiger partial charge in [-0.2, -0.15) is 0 Å². The zero-order chi connectivity index (χ0) is 98.0. The number of carbonyl (C=O) groups excluding carboxylic acids is 7. The molecule has 0 saturated carbocycles. The molecule has 4 atom stereocenters. The van der Waals surface area contributed by atoms with E-state index in [0.717, 1.165) is 105 Å². The highest BCUT2D eigenvalue weighted by Gasteiger charge is 2.44. The lowest BCUT2D eigenvalue weighted by molar-refractivity contribution is -0.121. The Bertz CT molecular complexity index is 6570. The van der Waals surface area contributed by atoms with Crippen LogP contribution in [-0.2, 0) is 64.7 Å². The number of fused-ring (bicyclic) bond motifs is 3. The largest absolute Gasteiger partial charge is 0.497 e. The number of carbonyl (C=O) groups is 7. The first-order chi connectivity index (χ1) is 65.2. The lowest BCUT2D eigenvalue weighted by Gasteiger charge is -2.18. The summed E-state index contributed by atoms with van der Waals surface area (Å²) >= 11 is 6.21. The molecular weight excluding hydrogens is 1800 g/mol. The summed E-state index contributed by atoms with van der Waals surface area (Å²) in [7, 11) is 6.18. The first-order valence-electron chi connectivity index (χ1n) is 44.3. The molecule has 12 aromatic rings. The van der Waals surface area contributed by atoms with Gasteiger partial charge in [0.25, 0.3) is 17.7 Å². The van der Waals surface area contributed by atoms with Gasteiger partial charge in [0.15, 0.2) is 17.5 Å². The van der Waals surface area contributed by atoms with E-state index in [2.05, 4.69) is 56.5 Å². The third-order valence-corrected chi connectivity index (χ3v) is 25.1. The highest BCUT2D eigenvalue weighted by Crippen LogP contribution is 2.42. The fraction of sp³-hybridized carbons (Fsp3) is 0.305. The van der Waals surface area contributed by atoms with Crippen molar-refractivity contribution in [3.05, 3.63) is 318 Å². The van der Waals surface area contributed by atoms with Crippen molar-refractivity contribution in [1.29, 1.82) is 0 Å². The van der Waals surface area contributed by atoms with Crippen LogP contribution in [0.25, 0.3) is 34.2 Å². The number of halogens is 7. The van der Waals surface area contributed by atoms with E-state index in [-0.39, 0.29) is 185 Å². The van der Waals surface area contributed by atoms with Crippen LogP contribution in [0.15, 0.2) is 188 Å². The normalized spacial score (nSPS) is 17.9. The van der Waals surface area contributed by atoms with E-state index < -0.39 is 34.9 Å². The predicted molar refractivity (Wildman–Crippen MR) is 510 cm³/mol. The number of ether oxygens (including phenoxy) is 4. The van der Waals surface area contributed by atoms with Crippen molar-refractivity contribution < 1.29 is 78.9 Å². The minimum Gasteiger partial charge on any atom is -0.497 e. The van der Waals surface area contributed by atoms with Crippen LogP contribution in [0.2, 0.25) is 5.15 Å². The van der Waals surface area contributed by atoms with Crippen LogP contribution in [0, 0.1) is 34.9 Å². The smallest absolute Gasteiger partial charge is 0.259 e. The van der Waals surface area contributed by atoms with Gasteiger partial charge in [0.1, 0.15) is 68.6 Å². The third kappa shape index (κ3) is 22.0. The molecule has 33 heteroatoms. The molecule has 19 rings (SSSR count). The maximum atomic E-state index is 14.9. The molecular formula is C105H106ClF6N15O11. The van der Waals surface area contributed by atoms with Crippen molar-refractivity contribution in [1.82, 2.24) is 66.3 Å². The summed E-state index contributed by atoms with van der Waals surface area (Å²) in [6.07, 6.45) is 3.59. The lowest BCUT2D eigenvalue weighted by Crippen LogP contribution is -2.34. The van der Waals surface area contributed by atoms with Gasteiger partial charge < -0.3 is 66.8 Å². The molecule has 26 nitrogen and oxygen atoms in total. The number of nitrogen functional groups attached to an aromatic ring is 2. The molecule has 9 aromatic carbocycles. The zero-order valence-corrected chi connectivity index (χ0v) is 78.1. The van der Waals surface area contributed by atoms with Gasteiger partial charge in [0, 0.05) is 69.6 Å². The number of methoxy groups -OCH3 is 4. The molecule has 0 aliphatic carbocycles. The molecule has 0 spiro atoms. The Morgan fingerprint density at radius 2 is 0.681 bits per heavy atom. The van der Waals surface area contributed by atoms with Gasteiger partial charge in [-0.1, -0.05) is 110 Å². The molecule has 4 saturated heterocycles. The first-order valence-corrected chi connectivity index (χ1v) is 44.7. The first kappa shape index (κ1) is 99.2. The van der Waals surface area contributed by atoms with Crippen LogP contribution in [0.5, 0.6) is 23.0 Å². The van der Waals surface area contributed by atoms with E-state index in [1.807, 2.05) is 159 Å². The summed E-state index contributed by atoms with van der Waals surface area (Å²) in [5, 5.41) is 14.5. The van der Waals surface area contributed by atoms with Crippen LogP contribution in [0.3, 0.4) is 0 Å². The van der Waals surface area contributed by atoms with Crippen molar-refractivity contribution in [2.75, 3.05) is 39.9 Å². The monoisotopic (exact) mass is 1900 g/mol. The molecule has 3 aromatic heterocycles. The Morgan fingerprint density at radius 1 is 0.377 bits per heavy atom. The van der Waals surface area contributed by atoms with E-state index in [9.17, 15) is 59.9 Å². The summed E-state index contributed by atoms with van der Waals surface area (Å²) in [5.41, 5.74) is 20.8. The Labute approximate surface area is 799 Å². The molecule has 7 aliphatic rings. The number of aromatic nitrogens is 6. The van der Waals surface area contributed by atoms with Gasteiger partial charge in [0.05, 0.1) is 141 Å². The number of anilines is 2. The molecule has 4 fully saturated rings. The number of hydrogen-bond acceptors (Lipinski definition) is 19. The minimum atomic E-state index is -0.810. The summed E-state index contributed by atoms with van der Waals surface area (Å²) in [6, 6.07) is 51.5. The van der Waals surface area contributed by atoms with E-state index >= 15 is 0 Å². The maximum Gasteiger partial charge on any atom is 0.259 e. The van der Waals surface area contributed by atoms with Crippen molar-refractivity contribution in [3.8, 4) is 57.2 Å². The van der Waals surface area contributed by atoms with Crippen LogP contribution in [0.4, 0.5) is 37.7 Å². The maximum absolute atomic E-state index is 14.9. The van der Waals surface area contributed by atoms with Gasteiger partial charge in [0.2, 0.25) is 23.6 Å². The predicted octanol–water partition coefficient (Wildman–Crippen LogP) is 17.4. The van der Waals surface area contributed by atoms with Crippen LogP contribution in [-0.4, -0.2) is 132 Å². The minimum absolute atomic E-state index is 0. The second-order valence-electron chi connectivity index (χ2n) is 37.1. The highest BCUT2D eigenvalue weighted by molar-refractivity contribution is 6.33. The number of nitrogens with two attached hydrogens (primary N) is 2. The second-order valence-corrected chi connectivity index (χ2v) is 37.5. The van der Waals surface area contributed by atoms with E-state index in [4.69, 9.17) is 42.0 Å². The van der Waals surface area contributed by atoms with Crippen molar-refractivity contribution in [2.24, 2.45) is 0 Å². The second kappa shape index (κ2) is 40.6. The fourth-order valence-corrected chi connectivity index (χ4v) is 18.3. The molecule has 1 unspecified atom stereocenters. The van der Waals surface area contributed by atoms with Gasteiger partial charge in [-0.05, 0) is 199 Å². The third-order valence-electron chi connectivity index (χ3n) is 24.8. The summed E-state index contributed by atoms with van der Waals surface area (Å²) in [4.78, 5) is 116. The topological polar surface area (TPSA) is 352 Å². The zero-order valence-electron chi connectivity index (χ0n) is 77.4. The number of nitrogens with one attached hydrogen (secondary N) is 5. The number of amides is 7. The molecule has 7 amide bonds. The summed E-state index contributed by atoms with van der Waals surface area (Å²) < 4.78 is 108.